The quantitative estimate of drug-likeness (QED) is 0.573. The Hall–Kier alpha value is -2.24. The maximum atomic E-state index is 13.7. The molecule has 0 bridgehead atoms. The second-order valence-corrected chi connectivity index (χ2v) is 9.91. The molecule has 6 nitrogen and oxygen atoms in total. The molecule has 0 spiro atoms. The van der Waals surface area contributed by atoms with Gasteiger partial charge in [0.1, 0.15) is 11.5 Å². The van der Waals surface area contributed by atoms with E-state index in [2.05, 4.69) is 31.4 Å². The van der Waals surface area contributed by atoms with Crippen LogP contribution in [0.4, 0.5) is 4.79 Å². The number of rotatable bonds is 3. The first kappa shape index (κ1) is 21.5. The Kier molecular flexibility index (Phi) is 5.58. The van der Waals surface area contributed by atoms with Crippen molar-refractivity contribution in [2.45, 2.75) is 59.4 Å². The molecule has 2 aliphatic carbocycles. The van der Waals surface area contributed by atoms with E-state index in [1.54, 1.807) is 7.05 Å². The molecule has 0 aliphatic heterocycles. The normalized spacial score (nSPS) is 33.4. The van der Waals surface area contributed by atoms with E-state index in [1.165, 1.54) is 18.2 Å². The number of phenols is 2. The zero-order chi connectivity index (χ0) is 21.6. The highest BCUT2D eigenvalue weighted by Crippen LogP contribution is 2.61. The van der Waals surface area contributed by atoms with E-state index in [4.69, 9.17) is 0 Å². The molecule has 5 unspecified atom stereocenters. The molecule has 3 rings (SSSR count). The molecular formula is C23H34N2O4. The molecule has 2 fully saturated rings. The van der Waals surface area contributed by atoms with E-state index in [-0.39, 0.29) is 57.9 Å². The fourth-order valence-corrected chi connectivity index (χ4v) is 6.31. The molecule has 4 N–H and O–H groups in total. The van der Waals surface area contributed by atoms with Gasteiger partial charge in [0.15, 0.2) is 5.78 Å². The lowest BCUT2D eigenvalue weighted by Crippen LogP contribution is -2.61. The molecule has 5 atom stereocenters. The van der Waals surface area contributed by atoms with Gasteiger partial charge in [-0.05, 0) is 54.1 Å². The van der Waals surface area contributed by atoms with Crippen LogP contribution in [0.15, 0.2) is 18.2 Å². The van der Waals surface area contributed by atoms with Gasteiger partial charge < -0.3 is 20.8 Å². The first-order valence-corrected chi connectivity index (χ1v) is 10.5. The Labute approximate surface area is 173 Å². The second-order valence-electron chi connectivity index (χ2n) is 9.91. The smallest absolute Gasteiger partial charge is 0.314 e. The fourth-order valence-electron chi connectivity index (χ4n) is 6.31. The van der Waals surface area contributed by atoms with Crippen molar-refractivity contribution < 1.29 is 19.8 Å². The summed E-state index contributed by atoms with van der Waals surface area (Å²) in [6.45, 7) is 8.79. The van der Waals surface area contributed by atoms with E-state index in [0.717, 1.165) is 25.7 Å². The molecule has 1 aromatic rings. The molecule has 1 aromatic carbocycles. The number of carbonyl (C=O) groups excluding carboxylic acids is 2. The van der Waals surface area contributed by atoms with Crippen LogP contribution >= 0.6 is 0 Å². The van der Waals surface area contributed by atoms with E-state index >= 15 is 0 Å². The van der Waals surface area contributed by atoms with Gasteiger partial charge in [-0.15, -0.1) is 0 Å². The van der Waals surface area contributed by atoms with Crippen LogP contribution in [0.2, 0.25) is 0 Å². The van der Waals surface area contributed by atoms with Crippen LogP contribution in [0, 0.1) is 28.6 Å². The number of benzene rings is 1. The maximum Gasteiger partial charge on any atom is 0.314 e. The minimum Gasteiger partial charge on any atom is -0.508 e. The summed E-state index contributed by atoms with van der Waals surface area (Å²) in [5.74, 6) is -0.423. The molecular weight excluding hydrogens is 368 g/mol. The molecule has 160 valence electrons. The van der Waals surface area contributed by atoms with Crippen LogP contribution < -0.4 is 10.6 Å². The van der Waals surface area contributed by atoms with Crippen molar-refractivity contribution in [2.75, 3.05) is 7.05 Å². The number of phenolic OH excluding ortho intramolecular Hbond substituents is 2. The summed E-state index contributed by atoms with van der Waals surface area (Å²) in [5, 5.41) is 25.5. The summed E-state index contributed by atoms with van der Waals surface area (Å²) in [5.41, 5.74) is 0.179. The van der Waals surface area contributed by atoms with Gasteiger partial charge in [-0.25, -0.2) is 4.79 Å². The number of aromatic hydroxyl groups is 2. The summed E-state index contributed by atoms with van der Waals surface area (Å²) >= 11 is 0. The Bertz CT molecular complexity index is 786. The lowest BCUT2D eigenvalue weighted by atomic mass is 9.45. The standard InChI is InChI=1S/C23H34N2O4/c1-13-17(25-21(29)24-5)12-18-22(2,3)7-6-8-23(18,4)19(13)20(28)14-9-15(26)11-16(27)10-14/h9-11,13,17-19,26-27H,6-8,12H2,1-5H3,(H2,24,25,29). The van der Waals surface area contributed by atoms with Gasteiger partial charge in [-0.3, -0.25) is 4.79 Å². The van der Waals surface area contributed by atoms with Crippen molar-refractivity contribution >= 4 is 11.8 Å². The van der Waals surface area contributed by atoms with E-state index in [0.29, 0.717) is 5.56 Å². The molecule has 6 heteroatoms. The number of hydrogen-bond donors (Lipinski definition) is 4. The Balaban J connectivity index is 2.06. The van der Waals surface area contributed by atoms with Crippen LogP contribution in [0.5, 0.6) is 11.5 Å². The second kappa shape index (κ2) is 7.54. The number of nitrogens with one attached hydrogen (secondary N) is 2. The first-order valence-electron chi connectivity index (χ1n) is 10.5. The largest absolute Gasteiger partial charge is 0.508 e. The van der Waals surface area contributed by atoms with Gasteiger partial charge in [0.05, 0.1) is 0 Å². The van der Waals surface area contributed by atoms with Crippen molar-refractivity contribution in [1.82, 2.24) is 10.6 Å². The van der Waals surface area contributed by atoms with Gasteiger partial charge in [-0.1, -0.05) is 34.1 Å². The minimum absolute atomic E-state index is 0.0647. The average molecular weight is 403 g/mol. The van der Waals surface area contributed by atoms with Crippen LogP contribution in [0.1, 0.15) is 63.7 Å². The zero-order valence-corrected chi connectivity index (χ0v) is 18.1. The Morgan fingerprint density at radius 2 is 1.69 bits per heavy atom. The topological polar surface area (TPSA) is 98.7 Å². The third-order valence-electron chi connectivity index (χ3n) is 7.65. The molecule has 0 aromatic heterocycles. The fraction of sp³-hybridized carbons (Fsp3) is 0.652. The number of amides is 2. The van der Waals surface area contributed by atoms with Gasteiger partial charge in [0.2, 0.25) is 0 Å². The molecule has 2 saturated carbocycles. The predicted octanol–water partition coefficient (Wildman–Crippen LogP) is 4.07. The van der Waals surface area contributed by atoms with Gasteiger partial charge in [0, 0.05) is 30.6 Å². The summed E-state index contributed by atoms with van der Waals surface area (Å²) < 4.78 is 0. The third-order valence-corrected chi connectivity index (χ3v) is 7.65. The zero-order valence-electron chi connectivity index (χ0n) is 18.1. The molecule has 29 heavy (non-hydrogen) atoms. The third kappa shape index (κ3) is 3.81. The van der Waals surface area contributed by atoms with Crippen molar-refractivity contribution in [3.8, 4) is 11.5 Å². The van der Waals surface area contributed by atoms with Crippen LogP contribution in [0.25, 0.3) is 0 Å². The summed E-state index contributed by atoms with van der Waals surface area (Å²) in [4.78, 5) is 25.8. The number of Topliss-reactive ketones (excluding diaryl/α,β-unsaturated/α-hetero) is 1. The SMILES string of the molecule is CNC(=O)NC1CC2C(C)(C)CCCC2(C)C(C(=O)c2cc(O)cc(O)c2)C1C. The lowest BCUT2D eigenvalue weighted by molar-refractivity contribution is -0.0898. The van der Waals surface area contributed by atoms with Crippen molar-refractivity contribution in [3.05, 3.63) is 23.8 Å². The number of hydrogen-bond acceptors (Lipinski definition) is 4. The summed E-state index contributed by atoms with van der Waals surface area (Å²) in [7, 11) is 1.59. The monoisotopic (exact) mass is 402 g/mol. The molecule has 0 heterocycles. The number of carbonyl (C=O) groups is 2. The Morgan fingerprint density at radius 3 is 2.28 bits per heavy atom. The van der Waals surface area contributed by atoms with E-state index < -0.39 is 0 Å². The van der Waals surface area contributed by atoms with Gasteiger partial charge >= 0.3 is 6.03 Å². The van der Waals surface area contributed by atoms with Crippen LogP contribution in [0.3, 0.4) is 0 Å². The molecule has 0 saturated heterocycles. The average Bonchev–Trinajstić information content (AvgIpc) is 2.61. The van der Waals surface area contributed by atoms with E-state index in [1.807, 2.05) is 6.92 Å². The molecule has 2 amide bonds. The number of ketones is 1. The maximum absolute atomic E-state index is 13.7. The highest BCUT2D eigenvalue weighted by atomic mass is 16.3. The Morgan fingerprint density at radius 1 is 1.07 bits per heavy atom. The van der Waals surface area contributed by atoms with Gasteiger partial charge in [-0.2, -0.15) is 0 Å². The van der Waals surface area contributed by atoms with Crippen molar-refractivity contribution in [1.29, 1.82) is 0 Å². The summed E-state index contributed by atoms with van der Waals surface area (Å²) in [6, 6.07) is 3.73. The first-order chi connectivity index (χ1) is 13.5. The van der Waals surface area contributed by atoms with Gasteiger partial charge in [0.25, 0.3) is 0 Å². The lowest BCUT2D eigenvalue weighted by Gasteiger charge is -2.60. The van der Waals surface area contributed by atoms with Crippen molar-refractivity contribution in [3.63, 3.8) is 0 Å². The van der Waals surface area contributed by atoms with Crippen molar-refractivity contribution in [2.24, 2.45) is 28.6 Å². The predicted molar refractivity (Wildman–Crippen MR) is 112 cm³/mol. The van der Waals surface area contributed by atoms with Crippen LogP contribution in [-0.4, -0.2) is 35.1 Å². The minimum atomic E-state index is -0.316. The van der Waals surface area contributed by atoms with E-state index in [9.17, 15) is 19.8 Å². The molecule has 2 aliphatic rings. The number of fused-ring (bicyclic) bond motifs is 1. The molecule has 0 radical (unpaired) electrons. The summed E-state index contributed by atoms with van der Waals surface area (Å²) in [6.07, 6.45) is 3.96. The van der Waals surface area contributed by atoms with Crippen LogP contribution in [-0.2, 0) is 0 Å². The highest BCUT2D eigenvalue weighted by Gasteiger charge is 2.58. The highest BCUT2D eigenvalue weighted by molar-refractivity contribution is 5.99. The number of urea groups is 1.